The zero-order chi connectivity index (χ0) is 11.1. The number of hydrogen-bond acceptors (Lipinski definition) is 5. The number of hydrogen-bond donors (Lipinski definition) is 3. The quantitative estimate of drug-likeness (QED) is 0.628. The minimum absolute atomic E-state index is 0.161. The molecule has 2 unspecified atom stereocenters. The summed E-state index contributed by atoms with van der Waals surface area (Å²) in [4.78, 5) is 9.27. The Bertz CT molecular complexity index is 268. The highest BCUT2D eigenvalue weighted by atomic mass is 31.2. The van der Waals surface area contributed by atoms with E-state index in [9.17, 15) is 4.89 Å². The van der Waals surface area contributed by atoms with E-state index < -0.39 is 21.3 Å². The molecule has 0 saturated heterocycles. The fourth-order valence-electron chi connectivity index (χ4n) is 0.800. The van der Waals surface area contributed by atoms with Gasteiger partial charge < -0.3 is 19.6 Å². The van der Waals surface area contributed by atoms with Crippen LogP contribution >= 0.6 is 8.60 Å². The van der Waals surface area contributed by atoms with E-state index in [1.54, 1.807) is 24.3 Å². The molecule has 0 heterocycles. The number of para-hydroxylation sites is 1. The Hall–Kier alpha value is -0.710. The zero-order valence-electron chi connectivity index (χ0n) is 7.98. The largest absolute Gasteiger partial charge is 0.427 e. The number of rotatable bonds is 6. The minimum atomic E-state index is -2.07. The number of benzene rings is 1. The molecule has 0 bridgehead atoms. The average Bonchev–Trinajstić information content (AvgIpc) is 2.27. The molecule has 0 spiro atoms. The van der Waals surface area contributed by atoms with Crippen LogP contribution in [0.3, 0.4) is 0 Å². The summed E-state index contributed by atoms with van der Waals surface area (Å²) in [6.45, 7) is -0.569. The Balaban J connectivity index is 2.27. The summed E-state index contributed by atoms with van der Waals surface area (Å²) in [5.41, 5.74) is 0. The maximum absolute atomic E-state index is 9.27. The third-order valence-electron chi connectivity index (χ3n) is 1.51. The molecular formula is C9H13O5P. The van der Waals surface area contributed by atoms with Gasteiger partial charge in [-0.1, -0.05) is 18.2 Å². The van der Waals surface area contributed by atoms with Crippen LogP contribution in [0.2, 0.25) is 0 Å². The second kappa shape index (κ2) is 6.71. The van der Waals surface area contributed by atoms with Crippen LogP contribution < -0.4 is 4.52 Å². The van der Waals surface area contributed by atoms with E-state index in [0.29, 0.717) is 5.75 Å². The van der Waals surface area contributed by atoms with Gasteiger partial charge in [-0.15, -0.1) is 0 Å². The van der Waals surface area contributed by atoms with Gasteiger partial charge in [0.05, 0.1) is 13.2 Å². The molecule has 0 saturated carbocycles. The molecule has 0 radical (unpaired) electrons. The van der Waals surface area contributed by atoms with Gasteiger partial charge in [0.25, 0.3) is 0 Å². The molecule has 0 aromatic heterocycles. The van der Waals surface area contributed by atoms with Gasteiger partial charge in [0.2, 0.25) is 0 Å². The van der Waals surface area contributed by atoms with E-state index in [1.165, 1.54) is 0 Å². The summed E-state index contributed by atoms with van der Waals surface area (Å²) < 4.78 is 9.80. The van der Waals surface area contributed by atoms with E-state index in [2.05, 4.69) is 0 Å². The van der Waals surface area contributed by atoms with Crippen molar-refractivity contribution in [1.29, 1.82) is 0 Å². The summed E-state index contributed by atoms with van der Waals surface area (Å²) in [7, 11) is -2.07. The topological polar surface area (TPSA) is 79.2 Å². The first-order chi connectivity index (χ1) is 7.22. The monoisotopic (exact) mass is 232 g/mol. The highest BCUT2D eigenvalue weighted by Crippen LogP contribution is 2.34. The van der Waals surface area contributed by atoms with Gasteiger partial charge >= 0.3 is 8.60 Å². The number of aliphatic hydroxyl groups is 2. The minimum Gasteiger partial charge on any atom is -0.427 e. The van der Waals surface area contributed by atoms with Crippen molar-refractivity contribution >= 4 is 8.60 Å². The Labute approximate surface area is 88.9 Å². The molecule has 84 valence electrons. The molecule has 1 aromatic rings. The van der Waals surface area contributed by atoms with Crippen LogP contribution in [0.4, 0.5) is 0 Å². The summed E-state index contributed by atoms with van der Waals surface area (Å²) in [5.74, 6) is 0.490. The molecule has 0 amide bonds. The molecule has 3 N–H and O–H groups in total. The second-order valence-corrected chi connectivity index (χ2v) is 3.69. The fourth-order valence-corrected chi connectivity index (χ4v) is 1.45. The fraction of sp³-hybridized carbons (Fsp3) is 0.333. The zero-order valence-corrected chi connectivity index (χ0v) is 8.88. The van der Waals surface area contributed by atoms with Crippen molar-refractivity contribution in [2.45, 2.75) is 6.10 Å². The van der Waals surface area contributed by atoms with E-state index in [-0.39, 0.29) is 6.61 Å². The molecular weight excluding hydrogens is 219 g/mol. The maximum atomic E-state index is 9.27. The van der Waals surface area contributed by atoms with Gasteiger partial charge in [0, 0.05) is 0 Å². The smallest absolute Gasteiger partial charge is 0.394 e. The van der Waals surface area contributed by atoms with E-state index in [1.807, 2.05) is 6.07 Å². The highest BCUT2D eigenvalue weighted by molar-refractivity contribution is 7.41. The van der Waals surface area contributed by atoms with Crippen LogP contribution in [0.1, 0.15) is 0 Å². The molecule has 1 aromatic carbocycles. The van der Waals surface area contributed by atoms with Crippen molar-refractivity contribution in [2.24, 2.45) is 0 Å². The van der Waals surface area contributed by atoms with Gasteiger partial charge in [-0.25, -0.2) is 0 Å². The van der Waals surface area contributed by atoms with Crippen molar-refractivity contribution < 1.29 is 24.2 Å². The van der Waals surface area contributed by atoms with Gasteiger partial charge in [-0.2, -0.15) is 0 Å². The van der Waals surface area contributed by atoms with E-state index >= 15 is 0 Å². The predicted octanol–water partition coefficient (Wildman–Crippen LogP) is 0.654. The Morgan fingerprint density at radius 2 is 1.93 bits per heavy atom. The molecule has 5 nitrogen and oxygen atoms in total. The number of aliphatic hydroxyl groups excluding tert-OH is 2. The van der Waals surface area contributed by atoms with Crippen molar-refractivity contribution in [1.82, 2.24) is 0 Å². The SMILES string of the molecule is OCC(O)COP(O)Oc1ccccc1. The lowest BCUT2D eigenvalue weighted by molar-refractivity contribution is 0.0499. The van der Waals surface area contributed by atoms with Gasteiger partial charge in [-0.05, 0) is 12.1 Å². The van der Waals surface area contributed by atoms with Crippen molar-refractivity contribution in [3.8, 4) is 5.75 Å². The second-order valence-electron chi connectivity index (χ2n) is 2.77. The lowest BCUT2D eigenvalue weighted by Crippen LogP contribution is -2.18. The van der Waals surface area contributed by atoms with Crippen LogP contribution in [0.5, 0.6) is 5.75 Å². The predicted molar refractivity (Wildman–Crippen MR) is 55.3 cm³/mol. The Kier molecular flexibility index (Phi) is 5.53. The molecule has 6 heteroatoms. The summed E-state index contributed by atoms with van der Waals surface area (Å²) in [5, 5.41) is 17.4. The van der Waals surface area contributed by atoms with Gasteiger partial charge in [0.1, 0.15) is 11.9 Å². The first-order valence-electron chi connectivity index (χ1n) is 4.36. The third kappa shape index (κ3) is 5.06. The van der Waals surface area contributed by atoms with Crippen LogP contribution in [0, 0.1) is 0 Å². The maximum Gasteiger partial charge on any atom is 0.394 e. The molecule has 1 rings (SSSR count). The van der Waals surface area contributed by atoms with E-state index in [0.717, 1.165) is 0 Å². The first-order valence-corrected chi connectivity index (χ1v) is 5.49. The van der Waals surface area contributed by atoms with Gasteiger partial charge in [0.15, 0.2) is 0 Å². The Morgan fingerprint density at radius 3 is 2.53 bits per heavy atom. The first kappa shape index (κ1) is 12.4. The molecule has 0 fully saturated rings. The highest BCUT2D eigenvalue weighted by Gasteiger charge is 2.11. The molecule has 0 aliphatic carbocycles. The third-order valence-corrected chi connectivity index (χ3v) is 2.25. The average molecular weight is 232 g/mol. The molecule has 0 aliphatic rings. The molecule has 2 atom stereocenters. The normalized spacial score (nSPS) is 14.6. The van der Waals surface area contributed by atoms with Crippen LogP contribution in [-0.2, 0) is 4.52 Å². The van der Waals surface area contributed by atoms with Crippen LogP contribution in [0.15, 0.2) is 30.3 Å². The summed E-state index contributed by atoms with van der Waals surface area (Å²) in [6.07, 6.45) is -0.999. The van der Waals surface area contributed by atoms with Crippen molar-refractivity contribution in [2.75, 3.05) is 13.2 Å². The summed E-state index contributed by atoms with van der Waals surface area (Å²) >= 11 is 0. The van der Waals surface area contributed by atoms with Crippen LogP contribution in [-0.4, -0.2) is 34.4 Å². The van der Waals surface area contributed by atoms with Crippen molar-refractivity contribution in [3.05, 3.63) is 30.3 Å². The summed E-state index contributed by atoms with van der Waals surface area (Å²) in [6, 6.07) is 8.71. The molecule has 0 aliphatic heterocycles. The Morgan fingerprint density at radius 1 is 1.27 bits per heavy atom. The lowest BCUT2D eigenvalue weighted by Gasteiger charge is -2.13. The lowest BCUT2D eigenvalue weighted by atomic mass is 10.3. The van der Waals surface area contributed by atoms with Crippen LogP contribution in [0.25, 0.3) is 0 Å². The standard InChI is InChI=1S/C9H13O5P/c10-6-8(11)7-13-15(12)14-9-4-2-1-3-5-9/h1-5,8,10-12H,6-7H2. The van der Waals surface area contributed by atoms with E-state index in [4.69, 9.17) is 19.3 Å². The molecule has 15 heavy (non-hydrogen) atoms. The van der Waals surface area contributed by atoms with Gasteiger partial charge in [-0.3, -0.25) is 4.52 Å². The van der Waals surface area contributed by atoms with Crippen molar-refractivity contribution in [3.63, 3.8) is 0 Å².